The van der Waals surface area contributed by atoms with E-state index in [9.17, 15) is 9.18 Å². The summed E-state index contributed by atoms with van der Waals surface area (Å²) in [6, 6.07) is 4.45. The van der Waals surface area contributed by atoms with Gasteiger partial charge in [0.1, 0.15) is 18.7 Å². The molecule has 0 atom stereocenters. The summed E-state index contributed by atoms with van der Waals surface area (Å²) in [6.45, 7) is 7.59. The number of quaternary nitrogens is 1. The highest BCUT2D eigenvalue weighted by molar-refractivity contribution is 5.83. The Morgan fingerprint density at radius 2 is 1.95 bits per heavy atom. The molecule has 6 heteroatoms. The highest BCUT2D eigenvalue weighted by Crippen LogP contribution is 2.31. The van der Waals surface area contributed by atoms with Crippen molar-refractivity contribution in [2.24, 2.45) is 0 Å². The second-order valence-corrected chi connectivity index (χ2v) is 6.36. The summed E-state index contributed by atoms with van der Waals surface area (Å²) >= 11 is 0. The minimum atomic E-state index is -0.614. The first-order chi connectivity index (χ1) is 9.74. The van der Waals surface area contributed by atoms with Crippen molar-refractivity contribution in [3.05, 3.63) is 24.0 Å². The van der Waals surface area contributed by atoms with Crippen molar-refractivity contribution >= 4 is 17.5 Å². The average molecular weight is 296 g/mol. The molecular weight excluding hydrogens is 273 g/mol. The van der Waals surface area contributed by atoms with Crippen LogP contribution in [0.1, 0.15) is 20.8 Å². The predicted octanol–water partition coefficient (Wildman–Crippen LogP) is 2.25. The lowest BCUT2D eigenvalue weighted by Crippen LogP contribution is -2.64. The van der Waals surface area contributed by atoms with E-state index in [0.717, 1.165) is 0 Å². The lowest BCUT2D eigenvalue weighted by molar-refractivity contribution is 0.0235. The Hall–Kier alpha value is -1.66. The number of hydrogen-bond donors (Lipinski definition) is 2. The van der Waals surface area contributed by atoms with Gasteiger partial charge in [0.2, 0.25) is 0 Å². The normalized spacial score (nSPS) is 18.3. The summed E-state index contributed by atoms with van der Waals surface area (Å²) in [7, 11) is 0. The van der Waals surface area contributed by atoms with E-state index in [1.165, 1.54) is 6.07 Å². The highest BCUT2D eigenvalue weighted by Gasteiger charge is 2.46. The first kappa shape index (κ1) is 15.7. The third-order valence-electron chi connectivity index (χ3n) is 3.52. The van der Waals surface area contributed by atoms with E-state index < -0.39 is 17.5 Å². The molecule has 1 aliphatic heterocycles. The molecule has 116 valence electrons. The van der Waals surface area contributed by atoms with Crippen LogP contribution in [0, 0.1) is 5.82 Å². The van der Waals surface area contributed by atoms with Gasteiger partial charge in [0.15, 0.2) is 11.5 Å². The molecule has 21 heavy (non-hydrogen) atoms. The number of ether oxygens (including phenoxy) is 1. The van der Waals surface area contributed by atoms with Crippen LogP contribution in [-0.2, 0) is 4.74 Å². The van der Waals surface area contributed by atoms with Gasteiger partial charge in [0.05, 0.1) is 0 Å². The summed E-state index contributed by atoms with van der Waals surface area (Å²) in [4.78, 5) is 12.7. The quantitative estimate of drug-likeness (QED) is 0.616. The number of nitrogens with two attached hydrogens (primary N) is 1. The summed E-state index contributed by atoms with van der Waals surface area (Å²) in [5, 5.41) is 3.19. The lowest BCUT2D eigenvalue weighted by Gasteiger charge is -2.38. The molecule has 1 heterocycles. The van der Waals surface area contributed by atoms with Gasteiger partial charge in [-0.25, -0.2) is 4.39 Å². The number of rotatable bonds is 1. The number of carbonyl (C=O) groups excluding carboxylic acids is 1. The molecule has 3 N–H and O–H groups in total. The lowest BCUT2D eigenvalue weighted by atomic mass is 10.1. The molecule has 0 unspecified atom stereocenters. The van der Waals surface area contributed by atoms with Crippen LogP contribution in [0.2, 0.25) is 0 Å². The molecule has 0 bridgehead atoms. The van der Waals surface area contributed by atoms with Crippen molar-refractivity contribution < 1.29 is 13.9 Å². The molecule has 1 aliphatic rings. The maximum Gasteiger partial charge on any atom is 0.521 e. The molecule has 1 fully saturated rings. The Balaban J connectivity index is 2.44. The van der Waals surface area contributed by atoms with Crippen LogP contribution in [0.5, 0.6) is 0 Å². The number of nitrogen functional groups attached to an aromatic ring is 1. The molecule has 5 nitrogen and oxygen atoms in total. The maximum absolute atomic E-state index is 14.3. The van der Waals surface area contributed by atoms with Gasteiger partial charge in [-0.2, -0.15) is 9.28 Å². The summed E-state index contributed by atoms with van der Waals surface area (Å²) in [5.74, 6) is -0.470. The molecule has 2 rings (SSSR count). The van der Waals surface area contributed by atoms with Crippen LogP contribution in [0.25, 0.3) is 0 Å². The minimum Gasteiger partial charge on any atom is -0.414 e. The van der Waals surface area contributed by atoms with Gasteiger partial charge in [0, 0.05) is 30.9 Å². The summed E-state index contributed by atoms with van der Waals surface area (Å²) in [5.41, 5.74) is 5.65. The number of carbonyl (C=O) groups is 1. The van der Waals surface area contributed by atoms with Crippen molar-refractivity contribution in [1.82, 2.24) is 9.80 Å². The number of anilines is 1. The van der Waals surface area contributed by atoms with Crippen molar-refractivity contribution in [2.75, 3.05) is 31.9 Å². The molecule has 0 radical (unpaired) electrons. The smallest absolute Gasteiger partial charge is 0.414 e. The number of amides is 1. The molecular formula is C15H23FN3O2+. The van der Waals surface area contributed by atoms with Gasteiger partial charge < -0.3 is 15.8 Å². The van der Waals surface area contributed by atoms with Gasteiger partial charge in [-0.15, -0.1) is 0 Å². The fraction of sp³-hybridized carbons (Fsp3) is 0.533. The zero-order valence-corrected chi connectivity index (χ0v) is 12.8. The second-order valence-electron chi connectivity index (χ2n) is 6.36. The Morgan fingerprint density at radius 1 is 1.33 bits per heavy atom. The van der Waals surface area contributed by atoms with Crippen LogP contribution in [-0.4, -0.2) is 37.9 Å². The van der Waals surface area contributed by atoms with E-state index in [0.29, 0.717) is 37.6 Å². The van der Waals surface area contributed by atoms with Crippen LogP contribution in [0.15, 0.2) is 18.2 Å². The van der Waals surface area contributed by atoms with E-state index in [4.69, 9.17) is 10.5 Å². The number of piperazine rings is 1. The molecule has 0 aliphatic carbocycles. The Morgan fingerprint density at radius 3 is 2.48 bits per heavy atom. The maximum atomic E-state index is 14.3. The number of hydrogen-bond acceptors (Lipinski definition) is 4. The van der Waals surface area contributed by atoms with Gasteiger partial charge in [-0.05, 0) is 26.8 Å². The summed E-state index contributed by atoms with van der Waals surface area (Å²) < 4.78 is 19.7. The van der Waals surface area contributed by atoms with Crippen molar-refractivity contribution in [3.8, 4) is 0 Å². The minimum absolute atomic E-state index is 0.142. The topological polar surface area (TPSA) is 64.3 Å². The third kappa shape index (κ3) is 3.33. The van der Waals surface area contributed by atoms with Crippen molar-refractivity contribution in [3.63, 3.8) is 0 Å². The van der Waals surface area contributed by atoms with Gasteiger partial charge in [-0.1, -0.05) is 0 Å². The fourth-order valence-corrected chi connectivity index (χ4v) is 2.52. The largest absolute Gasteiger partial charge is 0.521 e. The van der Waals surface area contributed by atoms with E-state index in [2.05, 4.69) is 5.32 Å². The summed E-state index contributed by atoms with van der Waals surface area (Å²) in [6.07, 6.45) is -0.423. The number of halogens is 1. The van der Waals surface area contributed by atoms with E-state index in [1.807, 2.05) is 20.8 Å². The zero-order valence-electron chi connectivity index (χ0n) is 12.8. The van der Waals surface area contributed by atoms with Crippen molar-refractivity contribution in [2.45, 2.75) is 26.4 Å². The van der Waals surface area contributed by atoms with Gasteiger partial charge >= 0.3 is 6.09 Å². The standard InChI is InChI=1S/C15H23FN3O2/c1-15(2,3)21-14(20)19(8-6-18-7-9-19)13-5-4-11(17)10-12(13)16/h4-5,10,18H,6-9,17H2,1-3H3/q+1. The van der Waals surface area contributed by atoms with Crippen LogP contribution in [0.4, 0.5) is 20.6 Å². The number of nitrogens with zero attached hydrogens (tertiary/aromatic N) is 1. The van der Waals surface area contributed by atoms with Crippen LogP contribution >= 0.6 is 0 Å². The van der Waals surface area contributed by atoms with Gasteiger partial charge in [-0.3, -0.25) is 0 Å². The Bertz CT molecular complexity index is 534. The number of benzene rings is 1. The monoisotopic (exact) mass is 296 g/mol. The first-order valence-corrected chi connectivity index (χ1v) is 7.11. The molecule has 1 aromatic rings. The zero-order chi connectivity index (χ0) is 15.7. The third-order valence-corrected chi connectivity index (χ3v) is 3.52. The molecule has 1 saturated heterocycles. The average Bonchev–Trinajstić information content (AvgIpc) is 2.37. The second kappa shape index (κ2) is 5.61. The van der Waals surface area contributed by atoms with E-state index >= 15 is 0 Å². The highest BCUT2D eigenvalue weighted by atomic mass is 19.1. The SMILES string of the molecule is CC(C)(C)OC(=O)[N+]1(c2ccc(N)cc2F)CCNCC1. The molecule has 1 aromatic carbocycles. The Kier molecular flexibility index (Phi) is 4.20. The fourth-order valence-electron chi connectivity index (χ4n) is 2.52. The van der Waals surface area contributed by atoms with Crippen LogP contribution < -0.4 is 15.5 Å². The molecule has 0 spiro atoms. The van der Waals surface area contributed by atoms with E-state index in [-0.39, 0.29) is 4.48 Å². The Labute approximate surface area is 124 Å². The predicted molar refractivity (Wildman–Crippen MR) is 81.4 cm³/mol. The van der Waals surface area contributed by atoms with Crippen LogP contribution in [0.3, 0.4) is 0 Å². The van der Waals surface area contributed by atoms with Crippen molar-refractivity contribution in [1.29, 1.82) is 0 Å². The molecule has 0 aromatic heterocycles. The number of nitrogens with one attached hydrogen (secondary N) is 1. The van der Waals surface area contributed by atoms with Gasteiger partial charge in [0.25, 0.3) is 0 Å². The molecule has 1 amide bonds. The molecule has 0 saturated carbocycles. The van der Waals surface area contributed by atoms with E-state index in [1.54, 1.807) is 12.1 Å². The first-order valence-electron chi connectivity index (χ1n) is 7.11.